The molecule has 10 heteroatoms. The predicted molar refractivity (Wildman–Crippen MR) is 105 cm³/mol. The second-order valence-electron chi connectivity index (χ2n) is 6.38. The van der Waals surface area contributed by atoms with Crippen molar-refractivity contribution in [1.82, 2.24) is 23.9 Å². The molecule has 4 rings (SSSR count). The number of nitrogens with one attached hydrogen (secondary N) is 1. The second-order valence-corrected chi connectivity index (χ2v) is 8.06. The molecule has 0 amide bonds. The normalized spacial score (nSPS) is 11.8. The fraction of sp³-hybridized carbons (Fsp3) is 0.167. The van der Waals surface area contributed by atoms with Gasteiger partial charge in [-0.1, -0.05) is 6.07 Å². The van der Waals surface area contributed by atoms with Crippen LogP contribution in [0.15, 0.2) is 64.5 Å². The van der Waals surface area contributed by atoms with Gasteiger partial charge in [0.25, 0.3) is 10.0 Å². The fourth-order valence-corrected chi connectivity index (χ4v) is 4.03. The number of anilines is 1. The summed E-state index contributed by atoms with van der Waals surface area (Å²) in [4.78, 5) is 16.3. The topological polar surface area (TPSA) is 104 Å². The van der Waals surface area contributed by atoms with E-state index in [1.165, 1.54) is 21.3 Å². The van der Waals surface area contributed by atoms with Crippen LogP contribution in [0, 0.1) is 0 Å². The highest BCUT2D eigenvalue weighted by Gasteiger charge is 2.18. The molecule has 144 valence electrons. The van der Waals surface area contributed by atoms with Gasteiger partial charge in [-0.2, -0.15) is 5.10 Å². The van der Waals surface area contributed by atoms with E-state index < -0.39 is 10.0 Å². The lowest BCUT2D eigenvalue weighted by Crippen LogP contribution is -2.19. The number of aromatic nitrogens is 5. The van der Waals surface area contributed by atoms with Gasteiger partial charge in [0.2, 0.25) is 0 Å². The molecule has 0 spiro atoms. The predicted octanol–water partition coefficient (Wildman–Crippen LogP) is 1.32. The standard InChI is InChI=1S/C18H18N6O3S/c1-22-15-7-6-14(11-16(15)23(2)18(22)25)28(26,27)21-17-8-10-24(20-17)12-13-5-3-4-9-19-13/h3-11H,12H2,1-2H3,(H,20,21). The Labute approximate surface area is 160 Å². The lowest BCUT2D eigenvalue weighted by Gasteiger charge is -2.06. The Hall–Kier alpha value is -3.40. The Morgan fingerprint density at radius 2 is 1.82 bits per heavy atom. The largest absolute Gasteiger partial charge is 0.328 e. The summed E-state index contributed by atoms with van der Waals surface area (Å²) in [5.74, 6) is 0.206. The van der Waals surface area contributed by atoms with E-state index in [4.69, 9.17) is 0 Å². The zero-order valence-electron chi connectivity index (χ0n) is 15.3. The van der Waals surface area contributed by atoms with E-state index in [-0.39, 0.29) is 16.4 Å². The van der Waals surface area contributed by atoms with Crippen LogP contribution < -0.4 is 10.4 Å². The van der Waals surface area contributed by atoms with Crippen molar-refractivity contribution >= 4 is 26.9 Å². The zero-order chi connectivity index (χ0) is 19.9. The van der Waals surface area contributed by atoms with Gasteiger partial charge >= 0.3 is 5.69 Å². The molecular weight excluding hydrogens is 380 g/mol. The van der Waals surface area contributed by atoms with Crippen molar-refractivity contribution in [1.29, 1.82) is 0 Å². The quantitative estimate of drug-likeness (QED) is 0.546. The minimum atomic E-state index is -3.85. The maximum Gasteiger partial charge on any atom is 0.328 e. The highest BCUT2D eigenvalue weighted by atomic mass is 32.2. The number of rotatable bonds is 5. The molecule has 0 atom stereocenters. The van der Waals surface area contributed by atoms with Crippen LogP contribution in [0.1, 0.15) is 5.69 Å². The molecule has 0 bridgehead atoms. The van der Waals surface area contributed by atoms with E-state index in [0.29, 0.717) is 17.6 Å². The number of benzene rings is 1. The van der Waals surface area contributed by atoms with Gasteiger partial charge < -0.3 is 0 Å². The maximum absolute atomic E-state index is 12.7. The Morgan fingerprint density at radius 1 is 1.04 bits per heavy atom. The Morgan fingerprint density at radius 3 is 2.57 bits per heavy atom. The monoisotopic (exact) mass is 398 g/mol. The molecule has 28 heavy (non-hydrogen) atoms. The first-order valence-electron chi connectivity index (χ1n) is 8.47. The number of fused-ring (bicyclic) bond motifs is 1. The summed E-state index contributed by atoms with van der Waals surface area (Å²) in [5.41, 5.74) is 1.79. The van der Waals surface area contributed by atoms with Crippen LogP contribution in [0.4, 0.5) is 5.82 Å². The van der Waals surface area contributed by atoms with Gasteiger partial charge in [0, 0.05) is 32.6 Å². The lowest BCUT2D eigenvalue weighted by molar-refractivity contribution is 0.600. The van der Waals surface area contributed by atoms with Gasteiger partial charge in [0.1, 0.15) is 0 Å². The SMILES string of the molecule is Cn1c(=O)n(C)c2cc(S(=O)(=O)Nc3ccn(Cc4ccccn4)n3)ccc21. The number of hydrogen-bond acceptors (Lipinski definition) is 5. The summed E-state index contributed by atoms with van der Waals surface area (Å²) in [6, 6.07) is 11.7. The molecule has 0 aliphatic carbocycles. The average Bonchev–Trinajstić information content (AvgIpc) is 3.20. The third-order valence-corrected chi connectivity index (χ3v) is 5.84. The molecule has 0 saturated carbocycles. The van der Waals surface area contributed by atoms with Gasteiger partial charge in [-0.15, -0.1) is 0 Å². The lowest BCUT2D eigenvalue weighted by atomic mass is 10.3. The van der Waals surface area contributed by atoms with Crippen molar-refractivity contribution in [2.75, 3.05) is 4.72 Å². The van der Waals surface area contributed by atoms with Crippen molar-refractivity contribution in [3.63, 3.8) is 0 Å². The van der Waals surface area contributed by atoms with E-state index in [0.717, 1.165) is 5.69 Å². The average molecular weight is 398 g/mol. The van der Waals surface area contributed by atoms with Gasteiger partial charge in [-0.25, -0.2) is 13.2 Å². The fourth-order valence-electron chi connectivity index (χ4n) is 3.01. The van der Waals surface area contributed by atoms with Crippen LogP contribution in [0.5, 0.6) is 0 Å². The molecule has 9 nitrogen and oxygen atoms in total. The molecule has 1 aromatic carbocycles. The number of nitrogens with zero attached hydrogens (tertiary/aromatic N) is 5. The van der Waals surface area contributed by atoms with Gasteiger partial charge in [-0.3, -0.25) is 23.5 Å². The van der Waals surface area contributed by atoms with Crippen molar-refractivity contribution in [3.05, 3.63) is 71.0 Å². The first kappa shape index (κ1) is 18.0. The second kappa shape index (κ2) is 6.64. The van der Waals surface area contributed by atoms with Crippen molar-refractivity contribution in [2.45, 2.75) is 11.4 Å². The summed E-state index contributed by atoms with van der Waals surface area (Å²) in [6.07, 6.45) is 3.37. The molecule has 0 aliphatic heterocycles. The zero-order valence-corrected chi connectivity index (χ0v) is 16.1. The first-order chi connectivity index (χ1) is 13.3. The van der Waals surface area contributed by atoms with Crippen molar-refractivity contribution < 1.29 is 8.42 Å². The third-order valence-electron chi connectivity index (χ3n) is 4.48. The molecule has 4 aromatic rings. The summed E-state index contributed by atoms with van der Waals surface area (Å²) in [6.45, 7) is 0.431. The molecular formula is C18H18N6O3S. The van der Waals surface area contributed by atoms with E-state index in [9.17, 15) is 13.2 Å². The van der Waals surface area contributed by atoms with Crippen molar-refractivity contribution in [3.8, 4) is 0 Å². The van der Waals surface area contributed by atoms with Crippen LogP contribution in [0.25, 0.3) is 11.0 Å². The minimum Gasteiger partial charge on any atom is -0.295 e. The summed E-state index contributed by atoms with van der Waals surface area (Å²) >= 11 is 0. The molecule has 0 fully saturated rings. The first-order valence-corrected chi connectivity index (χ1v) is 9.95. The molecule has 3 aromatic heterocycles. The van der Waals surface area contributed by atoms with Crippen molar-refractivity contribution in [2.24, 2.45) is 14.1 Å². The van der Waals surface area contributed by atoms with Gasteiger partial charge in [0.15, 0.2) is 5.82 Å². The Kier molecular flexibility index (Phi) is 4.27. The van der Waals surface area contributed by atoms with E-state index in [2.05, 4.69) is 14.8 Å². The van der Waals surface area contributed by atoms with Crippen LogP contribution >= 0.6 is 0 Å². The highest BCUT2D eigenvalue weighted by Crippen LogP contribution is 2.20. The van der Waals surface area contributed by atoms with Crippen LogP contribution in [0.2, 0.25) is 0 Å². The van der Waals surface area contributed by atoms with Crippen LogP contribution in [0.3, 0.4) is 0 Å². The van der Waals surface area contributed by atoms with Crippen LogP contribution in [-0.2, 0) is 30.7 Å². The number of imidazole rings is 1. The Bertz CT molecular complexity index is 1320. The summed E-state index contributed by atoms with van der Waals surface area (Å²) < 4.78 is 32.5. The minimum absolute atomic E-state index is 0.0560. The Balaban J connectivity index is 1.60. The molecule has 3 heterocycles. The van der Waals surface area contributed by atoms with Gasteiger partial charge in [-0.05, 0) is 30.3 Å². The molecule has 0 aliphatic rings. The third kappa shape index (κ3) is 3.18. The molecule has 0 radical (unpaired) electrons. The summed E-state index contributed by atoms with van der Waals surface area (Å²) in [5, 5.41) is 4.24. The molecule has 0 saturated heterocycles. The molecule has 0 unspecified atom stereocenters. The number of aryl methyl sites for hydroxylation is 2. The summed E-state index contributed by atoms with van der Waals surface area (Å²) in [7, 11) is -0.602. The smallest absolute Gasteiger partial charge is 0.295 e. The maximum atomic E-state index is 12.7. The molecule has 1 N–H and O–H groups in total. The van der Waals surface area contributed by atoms with E-state index >= 15 is 0 Å². The number of sulfonamides is 1. The van der Waals surface area contributed by atoms with Gasteiger partial charge in [0.05, 0.1) is 28.2 Å². The number of hydrogen-bond donors (Lipinski definition) is 1. The highest BCUT2D eigenvalue weighted by molar-refractivity contribution is 7.92. The van der Waals surface area contributed by atoms with E-state index in [1.807, 2.05) is 18.2 Å². The number of pyridine rings is 1. The van der Waals surface area contributed by atoms with E-state index in [1.54, 1.807) is 43.3 Å². The van der Waals surface area contributed by atoms with Crippen LogP contribution in [-0.4, -0.2) is 32.3 Å².